The lowest BCUT2D eigenvalue weighted by Crippen LogP contribution is -2.49. The summed E-state index contributed by atoms with van der Waals surface area (Å²) in [6.45, 7) is 4.80. The van der Waals surface area contributed by atoms with E-state index in [4.69, 9.17) is 0 Å². The average Bonchev–Trinajstić information content (AvgIpc) is 3.11. The van der Waals surface area contributed by atoms with E-state index in [1.54, 1.807) is 18.2 Å². The first-order valence-electron chi connectivity index (χ1n) is 9.48. The minimum atomic E-state index is -3.23. The summed E-state index contributed by atoms with van der Waals surface area (Å²) >= 11 is 1.49. The molecule has 0 aliphatic carbocycles. The van der Waals surface area contributed by atoms with E-state index in [0.29, 0.717) is 24.4 Å². The lowest BCUT2D eigenvalue weighted by Gasteiger charge is -2.34. The van der Waals surface area contributed by atoms with Crippen LogP contribution in [0.5, 0.6) is 0 Å². The molecule has 1 fully saturated rings. The van der Waals surface area contributed by atoms with Crippen LogP contribution in [0.1, 0.15) is 11.1 Å². The molecule has 2 aromatic carbocycles. The van der Waals surface area contributed by atoms with Gasteiger partial charge in [0.25, 0.3) is 0 Å². The maximum absolute atomic E-state index is 12.6. The molecule has 0 N–H and O–H groups in total. The molecule has 1 saturated heterocycles. The Bertz CT molecular complexity index is 1160. The van der Waals surface area contributed by atoms with E-state index in [1.165, 1.54) is 17.6 Å². The third-order valence-electron chi connectivity index (χ3n) is 5.12. The summed E-state index contributed by atoms with van der Waals surface area (Å²) < 4.78 is 24.4. The number of nitrogens with zero attached hydrogens (tertiary/aromatic N) is 3. The normalized spacial score (nSPS) is 15.1. The molecule has 6 nitrogen and oxygen atoms in total. The highest BCUT2D eigenvalue weighted by atomic mass is 32.2. The Morgan fingerprint density at radius 3 is 2.55 bits per heavy atom. The number of rotatable bonds is 4. The second-order valence-corrected chi connectivity index (χ2v) is 10.5. The number of fused-ring (bicyclic) bond motifs is 1. The summed E-state index contributed by atoms with van der Waals surface area (Å²) in [5, 5.41) is 0.872. The summed E-state index contributed by atoms with van der Waals surface area (Å²) in [5.41, 5.74) is 3.01. The third-order valence-corrected chi connectivity index (χ3v) is 7.31. The Morgan fingerprint density at radius 2 is 1.86 bits per heavy atom. The van der Waals surface area contributed by atoms with Gasteiger partial charge in [-0.1, -0.05) is 41.2 Å². The molecule has 1 aliphatic rings. The van der Waals surface area contributed by atoms with Crippen molar-refractivity contribution in [3.63, 3.8) is 0 Å². The largest absolute Gasteiger partial charge is 0.345 e. The number of piperazine rings is 1. The number of amides is 1. The topological polar surface area (TPSA) is 70.6 Å². The second-order valence-electron chi connectivity index (χ2n) is 7.43. The summed E-state index contributed by atoms with van der Waals surface area (Å²) in [6, 6.07) is 13.1. The number of aryl methyl sites for hydroxylation is 1. The molecular formula is C21H23N3O3S2. The molecule has 8 heteroatoms. The molecular weight excluding hydrogens is 406 g/mol. The molecule has 0 saturated carbocycles. The number of thiazole rings is 1. The fourth-order valence-corrected chi connectivity index (χ4v) is 5.29. The first kappa shape index (κ1) is 19.8. The fourth-order valence-electron chi connectivity index (χ4n) is 3.51. The maximum Gasteiger partial charge on any atom is 0.227 e. The highest BCUT2D eigenvalue weighted by molar-refractivity contribution is 7.90. The average molecular weight is 430 g/mol. The van der Waals surface area contributed by atoms with E-state index in [2.05, 4.69) is 16.0 Å². The van der Waals surface area contributed by atoms with Crippen molar-refractivity contribution in [2.75, 3.05) is 37.3 Å². The van der Waals surface area contributed by atoms with E-state index in [9.17, 15) is 13.2 Å². The number of hydrogen-bond donors (Lipinski definition) is 0. The minimum absolute atomic E-state index is 0.150. The number of sulfone groups is 1. The Labute approximate surface area is 174 Å². The number of aromatic nitrogens is 1. The van der Waals surface area contributed by atoms with Crippen LogP contribution in [0, 0.1) is 6.92 Å². The first-order chi connectivity index (χ1) is 13.8. The van der Waals surface area contributed by atoms with E-state index >= 15 is 0 Å². The molecule has 1 aromatic heterocycles. The van der Waals surface area contributed by atoms with E-state index in [-0.39, 0.29) is 5.91 Å². The molecule has 0 atom stereocenters. The van der Waals surface area contributed by atoms with Crippen LogP contribution < -0.4 is 4.90 Å². The van der Waals surface area contributed by atoms with Gasteiger partial charge in [0.2, 0.25) is 5.91 Å². The first-order valence-corrected chi connectivity index (χ1v) is 12.2. The van der Waals surface area contributed by atoms with Crippen LogP contribution in [0.4, 0.5) is 5.13 Å². The standard InChI is InChI=1S/C21H23N3O3S2/c1-15-4-3-5-16(12-15)13-20(25)23-8-10-24(11-9-23)21-22-18-7-6-17(29(2,26)27)14-19(18)28-21/h3-7,12,14H,8-11,13H2,1-2H3. The van der Waals surface area contributed by atoms with E-state index in [1.807, 2.05) is 30.0 Å². The van der Waals surface area contributed by atoms with Crippen LogP contribution in [0.2, 0.25) is 0 Å². The zero-order valence-corrected chi connectivity index (χ0v) is 18.1. The van der Waals surface area contributed by atoms with Gasteiger partial charge in [-0.05, 0) is 30.7 Å². The van der Waals surface area contributed by atoms with Gasteiger partial charge in [-0.15, -0.1) is 0 Å². The quantitative estimate of drug-likeness (QED) is 0.638. The highest BCUT2D eigenvalue weighted by Crippen LogP contribution is 2.31. The zero-order valence-electron chi connectivity index (χ0n) is 16.5. The van der Waals surface area contributed by atoms with Crippen LogP contribution in [0.25, 0.3) is 10.2 Å². The predicted molar refractivity (Wildman–Crippen MR) is 116 cm³/mol. The van der Waals surface area contributed by atoms with Gasteiger partial charge in [0, 0.05) is 32.4 Å². The monoisotopic (exact) mass is 429 g/mol. The van der Waals surface area contributed by atoms with Crippen molar-refractivity contribution in [2.24, 2.45) is 0 Å². The van der Waals surface area contributed by atoms with Crippen LogP contribution >= 0.6 is 11.3 Å². The van der Waals surface area contributed by atoms with Crippen molar-refractivity contribution in [3.8, 4) is 0 Å². The lowest BCUT2D eigenvalue weighted by atomic mass is 10.1. The summed E-state index contributed by atoms with van der Waals surface area (Å²) in [7, 11) is -3.23. The van der Waals surface area contributed by atoms with Crippen molar-refractivity contribution in [2.45, 2.75) is 18.2 Å². The third kappa shape index (κ3) is 4.43. The number of benzene rings is 2. The van der Waals surface area contributed by atoms with Crippen molar-refractivity contribution in [1.82, 2.24) is 9.88 Å². The Balaban J connectivity index is 1.42. The van der Waals surface area contributed by atoms with Crippen molar-refractivity contribution in [3.05, 3.63) is 53.6 Å². The van der Waals surface area contributed by atoms with Crippen LogP contribution in [0.15, 0.2) is 47.4 Å². The van der Waals surface area contributed by atoms with Gasteiger partial charge in [-0.2, -0.15) is 0 Å². The minimum Gasteiger partial charge on any atom is -0.345 e. The fraction of sp³-hybridized carbons (Fsp3) is 0.333. The molecule has 0 unspecified atom stereocenters. The molecule has 29 heavy (non-hydrogen) atoms. The maximum atomic E-state index is 12.6. The Morgan fingerprint density at radius 1 is 1.10 bits per heavy atom. The lowest BCUT2D eigenvalue weighted by molar-refractivity contribution is -0.130. The SMILES string of the molecule is Cc1cccc(CC(=O)N2CCN(c3nc4ccc(S(C)(=O)=O)cc4s3)CC2)c1. The molecule has 1 aliphatic heterocycles. The molecule has 0 radical (unpaired) electrons. The van der Waals surface area contributed by atoms with Crippen molar-refractivity contribution in [1.29, 1.82) is 0 Å². The Kier molecular flexibility index (Phi) is 5.31. The van der Waals surface area contributed by atoms with Crippen LogP contribution in [0.3, 0.4) is 0 Å². The smallest absolute Gasteiger partial charge is 0.227 e. The van der Waals surface area contributed by atoms with Crippen molar-refractivity contribution >= 4 is 42.4 Å². The highest BCUT2D eigenvalue weighted by Gasteiger charge is 2.23. The number of hydrogen-bond acceptors (Lipinski definition) is 6. The van der Waals surface area contributed by atoms with Gasteiger partial charge >= 0.3 is 0 Å². The number of carbonyl (C=O) groups is 1. The summed E-state index contributed by atoms with van der Waals surface area (Å²) in [4.78, 5) is 21.7. The second kappa shape index (κ2) is 7.76. The number of carbonyl (C=O) groups excluding carboxylic acids is 1. The molecule has 0 spiro atoms. The van der Waals surface area contributed by atoms with Gasteiger partial charge in [-0.3, -0.25) is 4.79 Å². The molecule has 3 aromatic rings. The van der Waals surface area contributed by atoms with Gasteiger partial charge in [0.05, 0.1) is 21.5 Å². The van der Waals surface area contributed by atoms with Gasteiger partial charge in [0.15, 0.2) is 15.0 Å². The van der Waals surface area contributed by atoms with Gasteiger partial charge < -0.3 is 9.80 Å². The van der Waals surface area contributed by atoms with Crippen LogP contribution in [-0.2, 0) is 21.1 Å². The summed E-state index contributed by atoms with van der Waals surface area (Å²) in [5.74, 6) is 0.150. The zero-order chi connectivity index (χ0) is 20.6. The Hall–Kier alpha value is -2.45. The number of anilines is 1. The van der Waals surface area contributed by atoms with Gasteiger partial charge in [-0.25, -0.2) is 13.4 Å². The van der Waals surface area contributed by atoms with E-state index in [0.717, 1.165) is 39.6 Å². The summed E-state index contributed by atoms with van der Waals surface area (Å²) in [6.07, 6.45) is 1.64. The molecule has 2 heterocycles. The van der Waals surface area contributed by atoms with Crippen molar-refractivity contribution < 1.29 is 13.2 Å². The molecule has 1 amide bonds. The van der Waals surface area contributed by atoms with E-state index < -0.39 is 9.84 Å². The van der Waals surface area contributed by atoms with Crippen LogP contribution in [-0.4, -0.2) is 56.6 Å². The predicted octanol–water partition coefficient (Wildman–Crippen LogP) is 2.90. The molecule has 0 bridgehead atoms. The van der Waals surface area contributed by atoms with Gasteiger partial charge in [0.1, 0.15) is 0 Å². The molecule has 4 rings (SSSR count). The molecule has 152 valence electrons.